The second-order valence-corrected chi connectivity index (χ2v) is 6.62. The number of hydrogen-bond donors (Lipinski definition) is 0. The van der Waals surface area contributed by atoms with E-state index < -0.39 is 0 Å². The molecule has 0 saturated carbocycles. The van der Waals surface area contributed by atoms with Gasteiger partial charge < -0.3 is 4.81 Å². The molecule has 2 aliphatic rings. The number of rotatable bonds is 0. The number of fused-ring (bicyclic) bond motifs is 5. The van der Waals surface area contributed by atoms with Crippen molar-refractivity contribution in [3.8, 4) is 0 Å². The van der Waals surface area contributed by atoms with E-state index in [-0.39, 0.29) is 6.85 Å². The Kier molecular flexibility index (Phi) is 2.23. The molecule has 2 heteroatoms. The van der Waals surface area contributed by atoms with Crippen LogP contribution in [0.4, 0.5) is 11.4 Å². The zero-order chi connectivity index (χ0) is 15.7. The maximum Gasteiger partial charge on any atom is 0.321 e. The van der Waals surface area contributed by atoms with Gasteiger partial charge in [-0.25, -0.2) is 0 Å². The first-order valence-electron chi connectivity index (χ1n) is 8.43. The molecule has 2 aliphatic heterocycles. The Morgan fingerprint density at radius 3 is 2.29 bits per heavy atom. The van der Waals surface area contributed by atoms with Crippen molar-refractivity contribution < 1.29 is 0 Å². The lowest BCUT2D eigenvalue weighted by molar-refractivity contribution is 1.38. The van der Waals surface area contributed by atoms with Crippen LogP contribution in [-0.4, -0.2) is 6.85 Å². The second kappa shape index (κ2) is 4.30. The highest BCUT2D eigenvalue weighted by atomic mass is 15.1. The van der Waals surface area contributed by atoms with Crippen molar-refractivity contribution in [3.05, 3.63) is 84.3 Å². The first-order chi connectivity index (χ1) is 11.9. The Bertz CT molecular complexity index is 1180. The van der Waals surface area contributed by atoms with Gasteiger partial charge in [-0.1, -0.05) is 72.7 Å². The molecule has 0 fully saturated rings. The molecule has 4 aromatic rings. The van der Waals surface area contributed by atoms with Gasteiger partial charge in [0.2, 0.25) is 0 Å². The van der Waals surface area contributed by atoms with Gasteiger partial charge in [0, 0.05) is 16.8 Å². The van der Waals surface area contributed by atoms with E-state index in [1.165, 1.54) is 43.9 Å². The Morgan fingerprint density at radius 1 is 0.625 bits per heavy atom. The molecule has 0 spiro atoms. The molecule has 0 radical (unpaired) electrons. The van der Waals surface area contributed by atoms with Crippen LogP contribution >= 0.6 is 0 Å². The molecule has 2 heterocycles. The minimum atomic E-state index is 0.268. The normalized spacial score (nSPS) is 14.3. The molecule has 4 aromatic carbocycles. The van der Waals surface area contributed by atoms with Crippen molar-refractivity contribution >= 4 is 51.3 Å². The van der Waals surface area contributed by atoms with Gasteiger partial charge in [-0.3, -0.25) is 0 Å². The summed E-state index contributed by atoms with van der Waals surface area (Å²) in [6, 6.07) is 26.5. The first-order valence-corrected chi connectivity index (χ1v) is 8.43. The van der Waals surface area contributed by atoms with Crippen molar-refractivity contribution in [2.75, 3.05) is 4.81 Å². The van der Waals surface area contributed by atoms with E-state index in [1.807, 2.05) is 0 Å². The summed E-state index contributed by atoms with van der Waals surface area (Å²) in [5.74, 6) is 2.34. The zero-order valence-electron chi connectivity index (χ0n) is 13.1. The quantitative estimate of drug-likeness (QED) is 0.329. The van der Waals surface area contributed by atoms with E-state index in [4.69, 9.17) is 0 Å². The van der Waals surface area contributed by atoms with E-state index in [0.29, 0.717) is 0 Å². The Balaban J connectivity index is 1.84. The van der Waals surface area contributed by atoms with Crippen LogP contribution in [0.15, 0.2) is 78.8 Å². The number of anilines is 2. The van der Waals surface area contributed by atoms with E-state index in [0.717, 1.165) is 0 Å². The third kappa shape index (κ3) is 1.41. The van der Waals surface area contributed by atoms with Crippen LogP contribution in [0.3, 0.4) is 0 Å². The van der Waals surface area contributed by atoms with Gasteiger partial charge in [0.15, 0.2) is 0 Å². The summed E-state index contributed by atoms with van der Waals surface area (Å²) in [6.45, 7) is 0.268. The van der Waals surface area contributed by atoms with Crippen LogP contribution in [0.2, 0.25) is 0 Å². The summed E-state index contributed by atoms with van der Waals surface area (Å²) in [5, 5.41) is 5.44. The molecule has 0 saturated heterocycles. The molecule has 0 aliphatic carbocycles. The minimum Gasteiger partial charge on any atom is -0.376 e. The standard InChI is InChI=1S/C22H14BN/c1-2-9-19-15(5-1)13-14-23-18-8-3-6-16-11-12-17-7-4-10-20(24(19)23)22(17)21(16)18/h1-14H. The first kappa shape index (κ1) is 12.4. The topological polar surface area (TPSA) is 3.24 Å². The highest BCUT2D eigenvalue weighted by Gasteiger charge is 2.35. The van der Waals surface area contributed by atoms with E-state index in [2.05, 4.69) is 89.7 Å². The van der Waals surface area contributed by atoms with Crippen LogP contribution < -0.4 is 10.3 Å². The van der Waals surface area contributed by atoms with E-state index in [9.17, 15) is 0 Å². The second-order valence-electron chi connectivity index (χ2n) is 6.62. The van der Waals surface area contributed by atoms with Crippen molar-refractivity contribution in [1.29, 1.82) is 0 Å². The fraction of sp³-hybridized carbons (Fsp3) is 0. The molecule has 0 N–H and O–H groups in total. The van der Waals surface area contributed by atoms with Gasteiger partial charge >= 0.3 is 6.85 Å². The highest BCUT2D eigenvalue weighted by Crippen LogP contribution is 2.43. The molecule has 0 atom stereocenters. The molecular weight excluding hydrogens is 289 g/mol. The van der Waals surface area contributed by atoms with E-state index >= 15 is 0 Å². The van der Waals surface area contributed by atoms with Crippen LogP contribution in [0.5, 0.6) is 0 Å². The van der Waals surface area contributed by atoms with Gasteiger partial charge in [0.05, 0.1) is 0 Å². The number of para-hydroxylation sites is 1. The third-order valence-electron chi connectivity index (χ3n) is 5.41. The minimum absolute atomic E-state index is 0.268. The van der Waals surface area contributed by atoms with Crippen LogP contribution in [0, 0.1) is 0 Å². The number of benzene rings is 4. The molecule has 0 aromatic heterocycles. The molecule has 0 unspecified atom stereocenters. The summed E-state index contributed by atoms with van der Waals surface area (Å²) in [7, 11) is 0. The maximum atomic E-state index is 2.50. The lowest BCUT2D eigenvalue weighted by atomic mass is 9.49. The molecule has 110 valence electrons. The predicted molar refractivity (Wildman–Crippen MR) is 104 cm³/mol. The van der Waals surface area contributed by atoms with Gasteiger partial charge in [-0.2, -0.15) is 0 Å². The third-order valence-corrected chi connectivity index (χ3v) is 5.41. The molecule has 6 rings (SSSR count). The van der Waals surface area contributed by atoms with Gasteiger partial charge in [-0.15, -0.1) is 0 Å². The molecular formula is C22H14BN. The number of nitrogens with zero attached hydrogens (tertiary/aromatic N) is 1. The fourth-order valence-corrected chi connectivity index (χ4v) is 4.41. The summed E-state index contributed by atoms with van der Waals surface area (Å²) < 4.78 is 0. The van der Waals surface area contributed by atoms with Crippen molar-refractivity contribution in [2.45, 2.75) is 0 Å². The van der Waals surface area contributed by atoms with Gasteiger partial charge in [-0.05, 0) is 39.3 Å². The van der Waals surface area contributed by atoms with Crippen LogP contribution in [-0.2, 0) is 0 Å². The summed E-state index contributed by atoms with van der Waals surface area (Å²) in [6.07, 6.45) is 2.27. The lowest BCUT2D eigenvalue weighted by Crippen LogP contribution is -2.48. The largest absolute Gasteiger partial charge is 0.376 e. The van der Waals surface area contributed by atoms with Gasteiger partial charge in [0.1, 0.15) is 0 Å². The molecule has 24 heavy (non-hydrogen) atoms. The van der Waals surface area contributed by atoms with Crippen molar-refractivity contribution in [3.63, 3.8) is 0 Å². The zero-order valence-corrected chi connectivity index (χ0v) is 13.1. The number of hydrogen-bond acceptors (Lipinski definition) is 1. The highest BCUT2D eigenvalue weighted by molar-refractivity contribution is 6.86. The average molecular weight is 303 g/mol. The summed E-state index contributed by atoms with van der Waals surface area (Å²) >= 11 is 0. The smallest absolute Gasteiger partial charge is 0.321 e. The van der Waals surface area contributed by atoms with E-state index in [1.54, 1.807) is 0 Å². The Hall–Kier alpha value is -3.00. The maximum absolute atomic E-state index is 2.50. The SMILES string of the molecule is C1=Cc2ccccc2N2B1c1cccc3ccc4cccc2c4c13. The molecule has 0 bridgehead atoms. The summed E-state index contributed by atoms with van der Waals surface area (Å²) in [4.78, 5) is 2.50. The van der Waals surface area contributed by atoms with Crippen molar-refractivity contribution in [2.24, 2.45) is 0 Å². The Morgan fingerprint density at radius 2 is 1.38 bits per heavy atom. The van der Waals surface area contributed by atoms with Crippen LogP contribution in [0.1, 0.15) is 5.56 Å². The monoisotopic (exact) mass is 303 g/mol. The predicted octanol–water partition coefficient (Wildman–Crippen LogP) is 4.91. The van der Waals surface area contributed by atoms with Crippen molar-refractivity contribution in [1.82, 2.24) is 0 Å². The van der Waals surface area contributed by atoms with Gasteiger partial charge in [0.25, 0.3) is 0 Å². The Labute approximate surface area is 140 Å². The van der Waals surface area contributed by atoms with Crippen LogP contribution in [0.25, 0.3) is 27.6 Å². The molecule has 0 amide bonds. The average Bonchev–Trinajstić information content (AvgIpc) is 2.66. The summed E-state index contributed by atoms with van der Waals surface area (Å²) in [5.41, 5.74) is 5.31. The fourth-order valence-electron chi connectivity index (χ4n) is 4.41. The lowest BCUT2D eigenvalue weighted by Gasteiger charge is -2.39. The molecule has 1 nitrogen and oxygen atoms in total.